The molecular weight excluding hydrogens is 244 g/mol. The first-order chi connectivity index (χ1) is 8.78. The molecule has 1 aliphatic rings. The van der Waals surface area contributed by atoms with Crippen LogP contribution in [0.15, 0.2) is 29.6 Å². The molecular formula is C14H14N2OS. The second-order valence-corrected chi connectivity index (χ2v) is 5.50. The Morgan fingerprint density at radius 2 is 2.28 bits per heavy atom. The monoisotopic (exact) mass is 258 g/mol. The SMILES string of the molecule is NCc1nc(C(=O)CC2Cc3ccccc32)cs1. The molecule has 0 aliphatic heterocycles. The van der Waals surface area contributed by atoms with Crippen LogP contribution in [0.4, 0.5) is 0 Å². The van der Waals surface area contributed by atoms with Gasteiger partial charge in [-0.25, -0.2) is 4.98 Å². The predicted molar refractivity (Wildman–Crippen MR) is 71.8 cm³/mol. The van der Waals surface area contributed by atoms with Gasteiger partial charge < -0.3 is 5.73 Å². The fourth-order valence-electron chi connectivity index (χ4n) is 2.41. The summed E-state index contributed by atoms with van der Waals surface area (Å²) >= 11 is 1.46. The predicted octanol–water partition coefficient (Wildman–Crippen LogP) is 2.51. The van der Waals surface area contributed by atoms with Crippen molar-refractivity contribution in [3.05, 3.63) is 51.5 Å². The van der Waals surface area contributed by atoms with E-state index in [0.29, 0.717) is 24.6 Å². The summed E-state index contributed by atoms with van der Waals surface area (Å²) in [7, 11) is 0. The molecule has 1 atom stereocenters. The van der Waals surface area contributed by atoms with Crippen LogP contribution < -0.4 is 5.73 Å². The molecule has 0 spiro atoms. The third-order valence-electron chi connectivity index (χ3n) is 3.41. The smallest absolute Gasteiger partial charge is 0.182 e. The van der Waals surface area contributed by atoms with Crippen molar-refractivity contribution in [1.82, 2.24) is 4.98 Å². The van der Waals surface area contributed by atoms with Crippen molar-refractivity contribution < 1.29 is 4.79 Å². The average Bonchev–Trinajstić information content (AvgIpc) is 2.84. The highest BCUT2D eigenvalue weighted by molar-refractivity contribution is 7.09. The number of nitrogens with two attached hydrogens (primary N) is 1. The normalized spacial score (nSPS) is 17.1. The number of thiazole rings is 1. The van der Waals surface area contributed by atoms with E-state index in [1.807, 2.05) is 17.5 Å². The van der Waals surface area contributed by atoms with Gasteiger partial charge in [0.2, 0.25) is 0 Å². The van der Waals surface area contributed by atoms with Gasteiger partial charge in [-0.2, -0.15) is 0 Å². The summed E-state index contributed by atoms with van der Waals surface area (Å²) in [5.41, 5.74) is 8.77. The molecule has 0 radical (unpaired) electrons. The molecule has 1 unspecified atom stereocenters. The first-order valence-corrected chi connectivity index (χ1v) is 6.91. The van der Waals surface area contributed by atoms with E-state index in [4.69, 9.17) is 5.73 Å². The Kier molecular flexibility index (Phi) is 2.97. The van der Waals surface area contributed by atoms with Crippen LogP contribution in [-0.2, 0) is 13.0 Å². The summed E-state index contributed by atoms with van der Waals surface area (Å²) in [5, 5.41) is 2.64. The van der Waals surface area contributed by atoms with Crippen molar-refractivity contribution in [1.29, 1.82) is 0 Å². The molecule has 92 valence electrons. The van der Waals surface area contributed by atoms with E-state index >= 15 is 0 Å². The molecule has 1 heterocycles. The molecule has 0 saturated heterocycles. The topological polar surface area (TPSA) is 56.0 Å². The van der Waals surface area contributed by atoms with Crippen molar-refractivity contribution in [2.75, 3.05) is 0 Å². The largest absolute Gasteiger partial charge is 0.325 e. The van der Waals surface area contributed by atoms with E-state index in [9.17, 15) is 4.79 Å². The summed E-state index contributed by atoms with van der Waals surface area (Å²) in [6, 6.07) is 8.32. The Morgan fingerprint density at radius 3 is 3.00 bits per heavy atom. The van der Waals surface area contributed by atoms with Crippen LogP contribution in [0.2, 0.25) is 0 Å². The van der Waals surface area contributed by atoms with Crippen LogP contribution in [0.5, 0.6) is 0 Å². The van der Waals surface area contributed by atoms with Gasteiger partial charge in [-0.1, -0.05) is 24.3 Å². The fraction of sp³-hybridized carbons (Fsp3) is 0.286. The summed E-state index contributed by atoms with van der Waals surface area (Å²) in [6.45, 7) is 0.407. The van der Waals surface area contributed by atoms with Gasteiger partial charge in [-0.05, 0) is 23.5 Å². The molecule has 1 aromatic carbocycles. The number of nitrogens with zero attached hydrogens (tertiary/aromatic N) is 1. The minimum atomic E-state index is 0.130. The number of ketones is 1. The molecule has 0 saturated carbocycles. The number of carbonyl (C=O) groups is 1. The van der Waals surface area contributed by atoms with Crippen molar-refractivity contribution in [2.24, 2.45) is 5.73 Å². The van der Waals surface area contributed by atoms with Crippen LogP contribution in [-0.4, -0.2) is 10.8 Å². The second-order valence-electron chi connectivity index (χ2n) is 4.56. The van der Waals surface area contributed by atoms with Crippen LogP contribution in [0.1, 0.15) is 39.0 Å². The quantitative estimate of drug-likeness (QED) is 0.857. The van der Waals surface area contributed by atoms with Crippen molar-refractivity contribution >= 4 is 17.1 Å². The zero-order chi connectivity index (χ0) is 12.5. The van der Waals surface area contributed by atoms with E-state index in [0.717, 1.165) is 11.4 Å². The minimum Gasteiger partial charge on any atom is -0.325 e. The lowest BCUT2D eigenvalue weighted by Gasteiger charge is -2.29. The van der Waals surface area contributed by atoms with E-state index < -0.39 is 0 Å². The van der Waals surface area contributed by atoms with E-state index in [1.165, 1.54) is 22.5 Å². The van der Waals surface area contributed by atoms with E-state index in [2.05, 4.69) is 17.1 Å². The van der Waals surface area contributed by atoms with Gasteiger partial charge in [0.25, 0.3) is 0 Å². The Hall–Kier alpha value is -1.52. The average molecular weight is 258 g/mol. The van der Waals surface area contributed by atoms with Gasteiger partial charge in [-0.3, -0.25) is 4.79 Å². The highest BCUT2D eigenvalue weighted by Crippen LogP contribution is 2.37. The van der Waals surface area contributed by atoms with Gasteiger partial charge >= 0.3 is 0 Å². The number of hydrogen-bond donors (Lipinski definition) is 1. The maximum absolute atomic E-state index is 12.1. The van der Waals surface area contributed by atoms with Crippen LogP contribution in [0.3, 0.4) is 0 Å². The van der Waals surface area contributed by atoms with Crippen molar-refractivity contribution in [2.45, 2.75) is 25.3 Å². The number of fused-ring (bicyclic) bond motifs is 1. The standard InChI is InChI=1S/C14H14N2OS/c15-7-14-16-12(8-18-14)13(17)6-10-5-9-3-1-2-4-11(9)10/h1-4,8,10H,5-7,15H2. The molecule has 2 N–H and O–H groups in total. The molecule has 18 heavy (non-hydrogen) atoms. The number of rotatable bonds is 4. The van der Waals surface area contributed by atoms with Crippen molar-refractivity contribution in [3.63, 3.8) is 0 Å². The minimum absolute atomic E-state index is 0.130. The van der Waals surface area contributed by atoms with E-state index in [1.54, 1.807) is 0 Å². The lowest BCUT2D eigenvalue weighted by Crippen LogP contribution is -2.20. The molecule has 0 bridgehead atoms. The summed E-state index contributed by atoms with van der Waals surface area (Å²) < 4.78 is 0. The Labute approximate surface area is 110 Å². The number of benzene rings is 1. The summed E-state index contributed by atoms with van der Waals surface area (Å²) in [6.07, 6.45) is 1.57. The molecule has 1 aliphatic carbocycles. The second kappa shape index (κ2) is 4.63. The van der Waals surface area contributed by atoms with Crippen molar-refractivity contribution in [3.8, 4) is 0 Å². The first kappa shape index (κ1) is 11.6. The molecule has 1 aromatic heterocycles. The molecule has 0 fully saturated rings. The highest BCUT2D eigenvalue weighted by atomic mass is 32.1. The summed E-state index contributed by atoms with van der Waals surface area (Å²) in [4.78, 5) is 16.3. The Balaban J connectivity index is 1.70. The van der Waals surface area contributed by atoms with Crippen LogP contribution in [0.25, 0.3) is 0 Å². The number of aromatic nitrogens is 1. The van der Waals surface area contributed by atoms with Gasteiger partial charge in [0.15, 0.2) is 5.78 Å². The highest BCUT2D eigenvalue weighted by Gasteiger charge is 2.28. The zero-order valence-corrected chi connectivity index (χ0v) is 10.7. The van der Waals surface area contributed by atoms with Gasteiger partial charge in [0.05, 0.1) is 0 Å². The fourth-order valence-corrected chi connectivity index (χ4v) is 3.08. The molecule has 2 aromatic rings. The van der Waals surface area contributed by atoms with Gasteiger partial charge in [0, 0.05) is 18.3 Å². The van der Waals surface area contributed by atoms with Crippen LogP contribution in [0, 0.1) is 0 Å². The van der Waals surface area contributed by atoms with Crippen LogP contribution >= 0.6 is 11.3 Å². The third-order valence-corrected chi connectivity index (χ3v) is 4.28. The van der Waals surface area contributed by atoms with Gasteiger partial charge in [-0.15, -0.1) is 11.3 Å². The Morgan fingerprint density at radius 1 is 1.44 bits per heavy atom. The van der Waals surface area contributed by atoms with E-state index in [-0.39, 0.29) is 5.78 Å². The lowest BCUT2D eigenvalue weighted by molar-refractivity contribution is 0.0966. The molecule has 4 heteroatoms. The third kappa shape index (κ3) is 1.98. The zero-order valence-electron chi connectivity index (χ0n) is 9.93. The summed E-state index contributed by atoms with van der Waals surface area (Å²) in [5.74, 6) is 0.502. The Bertz CT molecular complexity index is 591. The molecule has 3 nitrogen and oxygen atoms in total. The maximum Gasteiger partial charge on any atom is 0.182 e. The lowest BCUT2D eigenvalue weighted by atomic mass is 9.75. The van der Waals surface area contributed by atoms with Gasteiger partial charge in [0.1, 0.15) is 10.7 Å². The maximum atomic E-state index is 12.1. The number of hydrogen-bond acceptors (Lipinski definition) is 4. The number of carbonyl (C=O) groups excluding carboxylic acids is 1. The first-order valence-electron chi connectivity index (χ1n) is 6.03. The molecule has 3 rings (SSSR count). The molecule has 0 amide bonds. The number of Topliss-reactive ketones (excluding diaryl/α,β-unsaturated/α-hetero) is 1.